The van der Waals surface area contributed by atoms with Crippen LogP contribution in [-0.4, -0.2) is 18.5 Å². The van der Waals surface area contributed by atoms with Gasteiger partial charge in [0.2, 0.25) is 0 Å². The first kappa shape index (κ1) is 20.1. The van der Waals surface area contributed by atoms with Gasteiger partial charge in [-0.1, -0.05) is 54.6 Å². The number of hydrogen-bond donors (Lipinski definition) is 1. The summed E-state index contributed by atoms with van der Waals surface area (Å²) >= 11 is 0. The fourth-order valence-corrected chi connectivity index (χ4v) is 2.67. The monoisotopic (exact) mass is 399 g/mol. The Morgan fingerprint density at radius 3 is 2.03 bits per heavy atom. The summed E-state index contributed by atoms with van der Waals surface area (Å²) < 4.78 is 43.8. The Labute approximate surface area is 164 Å². The van der Waals surface area contributed by atoms with Crippen LogP contribution < -0.4 is 5.32 Å². The molecule has 0 saturated carbocycles. The number of carbonyl (C=O) groups is 2. The number of halogens is 3. The van der Waals surface area contributed by atoms with Crippen molar-refractivity contribution in [3.8, 4) is 11.1 Å². The third kappa shape index (κ3) is 5.22. The molecule has 0 unspecified atom stereocenters. The van der Waals surface area contributed by atoms with Crippen LogP contribution >= 0.6 is 0 Å². The van der Waals surface area contributed by atoms with E-state index >= 15 is 0 Å². The molecule has 1 amide bonds. The molecule has 4 nitrogen and oxygen atoms in total. The predicted molar refractivity (Wildman–Crippen MR) is 102 cm³/mol. The molecule has 3 rings (SSSR count). The van der Waals surface area contributed by atoms with Gasteiger partial charge in [-0.2, -0.15) is 13.2 Å². The quantitative estimate of drug-likeness (QED) is 0.603. The minimum absolute atomic E-state index is 0.230. The van der Waals surface area contributed by atoms with Crippen molar-refractivity contribution in [3.63, 3.8) is 0 Å². The highest BCUT2D eigenvalue weighted by Crippen LogP contribution is 2.34. The third-order valence-corrected chi connectivity index (χ3v) is 4.07. The molecule has 0 spiro atoms. The molecule has 0 radical (unpaired) electrons. The number of carbonyl (C=O) groups excluding carboxylic acids is 2. The molecule has 0 aliphatic carbocycles. The fourth-order valence-electron chi connectivity index (χ4n) is 2.67. The van der Waals surface area contributed by atoms with Gasteiger partial charge in [-0.15, -0.1) is 0 Å². The maximum atomic E-state index is 13.0. The van der Waals surface area contributed by atoms with Crippen molar-refractivity contribution >= 4 is 17.6 Å². The Balaban J connectivity index is 1.59. The van der Waals surface area contributed by atoms with Crippen LogP contribution in [0.25, 0.3) is 11.1 Å². The summed E-state index contributed by atoms with van der Waals surface area (Å²) in [6, 6.07) is 20.7. The molecule has 1 N–H and O–H groups in total. The maximum Gasteiger partial charge on any atom is 0.418 e. The molecule has 148 valence electrons. The summed E-state index contributed by atoms with van der Waals surface area (Å²) in [5, 5.41) is 2.12. The van der Waals surface area contributed by atoms with Crippen LogP contribution in [0.5, 0.6) is 0 Å². The van der Waals surface area contributed by atoms with E-state index in [2.05, 4.69) is 5.32 Å². The number of ether oxygens (including phenoxy) is 1. The molecular formula is C22H16F3NO3. The molecule has 0 aliphatic heterocycles. The standard InChI is InChI=1S/C22H16F3NO3/c23-22(24,25)18-8-4-5-9-19(18)26-20(27)14-29-21(28)17-12-10-16(11-13-17)15-6-2-1-3-7-15/h1-13H,14H2,(H,26,27). The first-order valence-electron chi connectivity index (χ1n) is 8.63. The van der Waals surface area contributed by atoms with Gasteiger partial charge in [0.05, 0.1) is 16.8 Å². The minimum Gasteiger partial charge on any atom is -0.452 e. The van der Waals surface area contributed by atoms with Gasteiger partial charge >= 0.3 is 12.1 Å². The van der Waals surface area contributed by atoms with Gasteiger partial charge in [-0.25, -0.2) is 4.79 Å². The van der Waals surface area contributed by atoms with E-state index in [1.54, 1.807) is 24.3 Å². The van der Waals surface area contributed by atoms with Crippen molar-refractivity contribution in [1.29, 1.82) is 0 Å². The van der Waals surface area contributed by atoms with E-state index in [4.69, 9.17) is 4.74 Å². The lowest BCUT2D eigenvalue weighted by molar-refractivity contribution is -0.137. The zero-order valence-electron chi connectivity index (χ0n) is 15.1. The predicted octanol–water partition coefficient (Wildman–Crippen LogP) is 5.17. The molecule has 0 fully saturated rings. The maximum absolute atomic E-state index is 13.0. The van der Waals surface area contributed by atoms with E-state index in [1.807, 2.05) is 30.3 Å². The Morgan fingerprint density at radius 2 is 1.38 bits per heavy atom. The second-order valence-corrected chi connectivity index (χ2v) is 6.11. The van der Waals surface area contributed by atoms with Gasteiger partial charge in [0.15, 0.2) is 6.61 Å². The highest BCUT2D eigenvalue weighted by atomic mass is 19.4. The van der Waals surface area contributed by atoms with Gasteiger partial charge in [0.25, 0.3) is 5.91 Å². The molecule has 7 heteroatoms. The number of alkyl halides is 3. The van der Waals surface area contributed by atoms with Crippen LogP contribution in [0, 0.1) is 0 Å². The van der Waals surface area contributed by atoms with Gasteiger partial charge < -0.3 is 10.1 Å². The molecule has 0 bridgehead atoms. The van der Waals surface area contributed by atoms with Crippen molar-refractivity contribution in [2.24, 2.45) is 0 Å². The van der Waals surface area contributed by atoms with Crippen LogP contribution in [0.4, 0.5) is 18.9 Å². The summed E-state index contributed by atoms with van der Waals surface area (Å²) in [7, 11) is 0. The molecule has 0 aromatic heterocycles. The van der Waals surface area contributed by atoms with Gasteiger partial charge in [-0.05, 0) is 35.4 Å². The third-order valence-electron chi connectivity index (χ3n) is 4.07. The lowest BCUT2D eigenvalue weighted by Crippen LogP contribution is -2.22. The molecule has 0 saturated heterocycles. The van der Waals surface area contributed by atoms with Crippen LogP contribution in [-0.2, 0) is 15.7 Å². The van der Waals surface area contributed by atoms with Crippen LogP contribution in [0.2, 0.25) is 0 Å². The van der Waals surface area contributed by atoms with Crippen molar-refractivity contribution in [2.45, 2.75) is 6.18 Å². The Bertz CT molecular complexity index is 1000. The molecule has 3 aromatic rings. The number of anilines is 1. The van der Waals surface area contributed by atoms with Crippen LogP contribution in [0.15, 0.2) is 78.9 Å². The molecule has 0 aliphatic rings. The van der Waals surface area contributed by atoms with Crippen molar-refractivity contribution in [3.05, 3.63) is 90.0 Å². The smallest absolute Gasteiger partial charge is 0.418 e. The van der Waals surface area contributed by atoms with E-state index < -0.39 is 35.9 Å². The summed E-state index contributed by atoms with van der Waals surface area (Å²) in [5.74, 6) is -1.61. The van der Waals surface area contributed by atoms with Gasteiger partial charge in [0.1, 0.15) is 0 Å². The van der Waals surface area contributed by atoms with E-state index in [9.17, 15) is 22.8 Å². The SMILES string of the molecule is O=C(COC(=O)c1ccc(-c2ccccc2)cc1)Nc1ccccc1C(F)(F)F. The Kier molecular flexibility index (Phi) is 5.97. The molecule has 3 aromatic carbocycles. The average molecular weight is 399 g/mol. The summed E-state index contributed by atoms with van der Waals surface area (Å²) in [6.45, 7) is -0.703. The number of hydrogen-bond acceptors (Lipinski definition) is 3. The minimum atomic E-state index is -4.61. The zero-order valence-corrected chi connectivity index (χ0v) is 15.1. The van der Waals surface area contributed by atoms with E-state index in [-0.39, 0.29) is 5.56 Å². The second kappa shape index (κ2) is 8.60. The largest absolute Gasteiger partial charge is 0.452 e. The summed E-state index contributed by atoms with van der Waals surface area (Å²) in [4.78, 5) is 24.0. The van der Waals surface area contributed by atoms with Gasteiger partial charge in [-0.3, -0.25) is 4.79 Å². The van der Waals surface area contributed by atoms with Crippen LogP contribution in [0.1, 0.15) is 15.9 Å². The van der Waals surface area contributed by atoms with E-state index in [0.717, 1.165) is 23.3 Å². The van der Waals surface area contributed by atoms with Crippen LogP contribution in [0.3, 0.4) is 0 Å². The molecular weight excluding hydrogens is 383 g/mol. The molecule has 0 atom stereocenters. The number of nitrogens with one attached hydrogen (secondary N) is 1. The van der Waals surface area contributed by atoms with E-state index in [1.165, 1.54) is 12.1 Å². The van der Waals surface area contributed by atoms with Gasteiger partial charge in [0, 0.05) is 0 Å². The zero-order chi connectivity index (χ0) is 20.9. The summed E-state index contributed by atoms with van der Waals surface area (Å²) in [6.07, 6.45) is -4.61. The molecule has 29 heavy (non-hydrogen) atoms. The molecule has 0 heterocycles. The summed E-state index contributed by atoms with van der Waals surface area (Å²) in [5.41, 5.74) is 0.747. The fraction of sp³-hybridized carbons (Fsp3) is 0.0909. The number of para-hydroxylation sites is 1. The second-order valence-electron chi connectivity index (χ2n) is 6.11. The van der Waals surface area contributed by atoms with Crippen molar-refractivity contribution in [1.82, 2.24) is 0 Å². The number of amides is 1. The first-order chi connectivity index (χ1) is 13.8. The lowest BCUT2D eigenvalue weighted by Gasteiger charge is -2.13. The number of benzene rings is 3. The number of rotatable bonds is 5. The average Bonchev–Trinajstić information content (AvgIpc) is 2.72. The van der Waals surface area contributed by atoms with Crippen molar-refractivity contribution < 1.29 is 27.5 Å². The lowest BCUT2D eigenvalue weighted by atomic mass is 10.0. The normalized spacial score (nSPS) is 11.0. The highest BCUT2D eigenvalue weighted by molar-refractivity contribution is 5.96. The van der Waals surface area contributed by atoms with Crippen molar-refractivity contribution in [2.75, 3.05) is 11.9 Å². The Morgan fingerprint density at radius 1 is 0.793 bits per heavy atom. The number of esters is 1. The topological polar surface area (TPSA) is 55.4 Å². The van der Waals surface area contributed by atoms with E-state index in [0.29, 0.717) is 0 Å². The highest BCUT2D eigenvalue weighted by Gasteiger charge is 2.33. The Hall–Kier alpha value is -3.61. The first-order valence-corrected chi connectivity index (χ1v) is 8.63.